The summed E-state index contributed by atoms with van der Waals surface area (Å²) in [5, 5.41) is 3.91. The van der Waals surface area contributed by atoms with Crippen molar-refractivity contribution in [3.8, 4) is 5.75 Å². The molecule has 2 aliphatic heterocycles. The number of carbonyl (C=O) groups is 2. The minimum atomic E-state index is -0.272. The van der Waals surface area contributed by atoms with Gasteiger partial charge in [-0.1, -0.05) is 5.16 Å². The zero-order valence-corrected chi connectivity index (χ0v) is 13.8. The van der Waals surface area contributed by atoms with Gasteiger partial charge in [-0.3, -0.25) is 14.5 Å². The lowest BCUT2D eigenvalue weighted by Crippen LogP contribution is -2.46. The lowest BCUT2D eigenvalue weighted by atomic mass is 10.1. The Hall–Kier alpha value is -2.90. The predicted octanol–water partition coefficient (Wildman–Crippen LogP) is 1.47. The van der Waals surface area contributed by atoms with Crippen molar-refractivity contribution in [2.75, 3.05) is 24.6 Å². The molecule has 0 bridgehead atoms. The summed E-state index contributed by atoms with van der Waals surface area (Å²) < 4.78 is 10.7. The number of anilines is 1. The van der Waals surface area contributed by atoms with Gasteiger partial charge in [0.2, 0.25) is 5.91 Å². The van der Waals surface area contributed by atoms with E-state index in [0.29, 0.717) is 23.9 Å². The molecular formula is C17H18N4O4. The number of aryl methyl sites for hydroxylation is 1. The van der Waals surface area contributed by atoms with Crippen molar-refractivity contribution in [3.05, 3.63) is 35.9 Å². The molecule has 130 valence electrons. The second-order valence-corrected chi connectivity index (χ2v) is 6.21. The van der Waals surface area contributed by atoms with Crippen LogP contribution in [0.1, 0.15) is 30.3 Å². The van der Waals surface area contributed by atoms with Crippen molar-refractivity contribution < 1.29 is 18.8 Å². The fraction of sp³-hybridized carbons (Fsp3) is 0.412. The van der Waals surface area contributed by atoms with E-state index < -0.39 is 0 Å². The molecule has 2 aliphatic rings. The summed E-state index contributed by atoms with van der Waals surface area (Å²) in [6, 6.07) is 5.19. The van der Waals surface area contributed by atoms with Crippen LogP contribution in [0.5, 0.6) is 5.75 Å². The first-order valence-electron chi connectivity index (χ1n) is 8.24. The number of amides is 2. The van der Waals surface area contributed by atoms with Crippen LogP contribution >= 0.6 is 0 Å². The normalized spacial score (nSPS) is 19.7. The third kappa shape index (κ3) is 2.84. The number of fused-ring (bicyclic) bond motifs is 1. The Labute approximate surface area is 144 Å². The molecule has 0 spiro atoms. The van der Waals surface area contributed by atoms with E-state index in [1.165, 1.54) is 4.90 Å². The van der Waals surface area contributed by atoms with E-state index in [1.54, 1.807) is 23.2 Å². The maximum Gasteiger partial charge on any atom is 0.266 e. The van der Waals surface area contributed by atoms with E-state index in [9.17, 15) is 9.59 Å². The van der Waals surface area contributed by atoms with Gasteiger partial charge in [0.05, 0.1) is 11.7 Å². The van der Waals surface area contributed by atoms with Crippen molar-refractivity contribution >= 4 is 17.6 Å². The van der Waals surface area contributed by atoms with Gasteiger partial charge in [0, 0.05) is 18.8 Å². The van der Waals surface area contributed by atoms with Crippen LogP contribution in [-0.2, 0) is 9.59 Å². The van der Waals surface area contributed by atoms with E-state index in [-0.39, 0.29) is 31.0 Å². The van der Waals surface area contributed by atoms with Gasteiger partial charge >= 0.3 is 0 Å². The van der Waals surface area contributed by atoms with Gasteiger partial charge in [0.25, 0.3) is 5.91 Å². The van der Waals surface area contributed by atoms with Gasteiger partial charge in [-0.2, -0.15) is 0 Å². The maximum absolute atomic E-state index is 12.9. The first-order chi connectivity index (χ1) is 12.1. The molecule has 0 saturated carbocycles. The van der Waals surface area contributed by atoms with Crippen molar-refractivity contribution in [3.63, 3.8) is 0 Å². The highest BCUT2D eigenvalue weighted by molar-refractivity contribution is 6.01. The number of likely N-dealkylation sites (tertiary alicyclic amines) is 1. The Bertz CT molecular complexity index is 818. The van der Waals surface area contributed by atoms with Gasteiger partial charge in [0.15, 0.2) is 23.9 Å². The van der Waals surface area contributed by atoms with Crippen LogP contribution in [0.2, 0.25) is 0 Å². The van der Waals surface area contributed by atoms with Crippen molar-refractivity contribution in [1.29, 1.82) is 0 Å². The van der Waals surface area contributed by atoms with Crippen molar-refractivity contribution in [2.24, 2.45) is 0 Å². The molecule has 0 aromatic carbocycles. The van der Waals surface area contributed by atoms with Gasteiger partial charge < -0.3 is 14.2 Å². The van der Waals surface area contributed by atoms with E-state index in [2.05, 4.69) is 10.1 Å². The molecule has 8 nitrogen and oxygen atoms in total. The molecule has 1 saturated heterocycles. The van der Waals surface area contributed by atoms with Crippen LogP contribution in [0.3, 0.4) is 0 Å². The molecule has 0 aliphatic carbocycles. The molecule has 1 unspecified atom stereocenters. The summed E-state index contributed by atoms with van der Waals surface area (Å²) in [7, 11) is 0. The molecule has 0 radical (unpaired) electrons. The molecule has 2 amide bonds. The SMILES string of the molecule is Cc1cc(C2CCCN2C(=O)CN2C(=O)COc3cccnc32)on1. The topological polar surface area (TPSA) is 88.8 Å². The zero-order chi connectivity index (χ0) is 17.4. The Balaban J connectivity index is 1.54. The van der Waals surface area contributed by atoms with E-state index in [1.807, 2.05) is 13.0 Å². The van der Waals surface area contributed by atoms with Gasteiger partial charge in [0.1, 0.15) is 6.54 Å². The number of hydrogen-bond donors (Lipinski definition) is 0. The monoisotopic (exact) mass is 342 g/mol. The first-order valence-corrected chi connectivity index (χ1v) is 8.24. The second-order valence-electron chi connectivity index (χ2n) is 6.21. The fourth-order valence-corrected chi connectivity index (χ4v) is 3.32. The summed E-state index contributed by atoms with van der Waals surface area (Å²) >= 11 is 0. The van der Waals surface area contributed by atoms with Crippen LogP contribution in [-0.4, -0.2) is 46.6 Å². The van der Waals surface area contributed by atoms with Crippen molar-refractivity contribution in [1.82, 2.24) is 15.0 Å². The lowest BCUT2D eigenvalue weighted by molar-refractivity contribution is -0.133. The molecule has 2 aromatic heterocycles. The Kier molecular flexibility index (Phi) is 3.87. The predicted molar refractivity (Wildman–Crippen MR) is 87.0 cm³/mol. The third-order valence-electron chi connectivity index (χ3n) is 4.50. The van der Waals surface area contributed by atoms with Gasteiger partial charge in [-0.15, -0.1) is 0 Å². The minimum Gasteiger partial charge on any atom is -0.480 e. The first kappa shape index (κ1) is 15.6. The third-order valence-corrected chi connectivity index (χ3v) is 4.50. The average molecular weight is 342 g/mol. The van der Waals surface area contributed by atoms with Crippen LogP contribution < -0.4 is 9.64 Å². The molecule has 25 heavy (non-hydrogen) atoms. The van der Waals surface area contributed by atoms with Gasteiger partial charge in [-0.05, 0) is 31.9 Å². The summed E-state index contributed by atoms with van der Waals surface area (Å²) in [4.78, 5) is 32.4. The summed E-state index contributed by atoms with van der Waals surface area (Å²) in [5.74, 6) is 1.18. The van der Waals surface area contributed by atoms with Gasteiger partial charge in [-0.25, -0.2) is 4.98 Å². The molecule has 4 heterocycles. The molecule has 0 N–H and O–H groups in total. The Morgan fingerprint density at radius 1 is 1.44 bits per heavy atom. The molecule has 4 rings (SSSR count). The number of carbonyl (C=O) groups excluding carboxylic acids is 2. The standard InChI is InChI=1S/C17H18N4O4/c1-11-8-14(25-19-11)12-4-3-7-20(12)15(22)9-21-16(23)10-24-13-5-2-6-18-17(13)21/h2,5-6,8,12H,3-4,7,9-10H2,1H3. The molecule has 1 fully saturated rings. The smallest absolute Gasteiger partial charge is 0.266 e. The molecular weight excluding hydrogens is 324 g/mol. The highest BCUT2D eigenvalue weighted by Crippen LogP contribution is 2.33. The number of hydrogen-bond acceptors (Lipinski definition) is 6. The quantitative estimate of drug-likeness (QED) is 0.839. The Morgan fingerprint density at radius 2 is 2.32 bits per heavy atom. The largest absolute Gasteiger partial charge is 0.480 e. The van der Waals surface area contributed by atoms with Crippen molar-refractivity contribution in [2.45, 2.75) is 25.8 Å². The number of ether oxygens (including phenoxy) is 1. The molecule has 8 heteroatoms. The average Bonchev–Trinajstić information content (AvgIpc) is 3.26. The summed E-state index contributed by atoms with van der Waals surface area (Å²) in [6.07, 6.45) is 3.29. The van der Waals surface area contributed by atoms with Crippen LogP contribution in [0.4, 0.5) is 5.82 Å². The summed E-state index contributed by atoms with van der Waals surface area (Å²) in [6.45, 7) is 2.34. The summed E-state index contributed by atoms with van der Waals surface area (Å²) in [5.41, 5.74) is 0.788. The molecule has 1 atom stereocenters. The lowest BCUT2D eigenvalue weighted by Gasteiger charge is -2.30. The van der Waals surface area contributed by atoms with E-state index in [4.69, 9.17) is 9.26 Å². The number of pyridine rings is 1. The highest BCUT2D eigenvalue weighted by atomic mass is 16.5. The van der Waals surface area contributed by atoms with E-state index >= 15 is 0 Å². The highest BCUT2D eigenvalue weighted by Gasteiger charge is 2.36. The number of nitrogens with zero attached hydrogens (tertiary/aromatic N) is 4. The Morgan fingerprint density at radius 3 is 3.12 bits per heavy atom. The molecule has 2 aromatic rings. The zero-order valence-electron chi connectivity index (χ0n) is 13.8. The number of rotatable bonds is 3. The second kappa shape index (κ2) is 6.19. The van der Waals surface area contributed by atoms with Crippen LogP contribution in [0.15, 0.2) is 28.9 Å². The van der Waals surface area contributed by atoms with E-state index in [0.717, 1.165) is 18.5 Å². The number of aromatic nitrogens is 2. The van der Waals surface area contributed by atoms with Crippen LogP contribution in [0.25, 0.3) is 0 Å². The van der Waals surface area contributed by atoms with Crippen LogP contribution in [0, 0.1) is 6.92 Å². The minimum absolute atomic E-state index is 0.0597. The maximum atomic E-state index is 12.9. The fourth-order valence-electron chi connectivity index (χ4n) is 3.32.